The molecule has 59 heavy (non-hydrogen) atoms. The summed E-state index contributed by atoms with van der Waals surface area (Å²) >= 11 is 0. The molecule has 0 N–H and O–H groups in total. The lowest BCUT2D eigenvalue weighted by atomic mass is 9.66. The van der Waals surface area contributed by atoms with Gasteiger partial charge in [0.2, 0.25) is 0 Å². The van der Waals surface area contributed by atoms with Crippen LogP contribution in [0.3, 0.4) is 0 Å². The molecule has 3 aliphatic carbocycles. The van der Waals surface area contributed by atoms with Gasteiger partial charge in [0, 0.05) is 28.4 Å². The molecule has 3 aliphatic rings. The Balaban J connectivity index is 1.16. The molecule has 0 spiro atoms. The molecular formula is C58H45N. The van der Waals surface area contributed by atoms with Crippen LogP contribution in [0.1, 0.15) is 65.1 Å². The monoisotopic (exact) mass is 755 g/mol. The van der Waals surface area contributed by atoms with Crippen molar-refractivity contribution in [1.82, 2.24) is 0 Å². The number of allylic oxidation sites excluding steroid dienone is 4. The summed E-state index contributed by atoms with van der Waals surface area (Å²) < 4.78 is 0. The highest BCUT2D eigenvalue weighted by Gasteiger charge is 2.48. The standard InChI is InChI=1S/C58H45N/c1-57(2)52-27-15-12-25-48(52)50-36-32-44(38-54(50)57)58(43-22-10-5-11-23-43)53-28-16-13-26-49(53)51-37-35-46(39-55(51)58)59(45-33-30-41(31-34-45)40-18-6-3-7-19-40)56-29-17-14-24-47(56)42-20-8-4-9-21-42/h3-23,25-39,47H,24H2,1-2H3. The van der Waals surface area contributed by atoms with Crippen LogP contribution < -0.4 is 4.90 Å². The van der Waals surface area contributed by atoms with Gasteiger partial charge in [0.15, 0.2) is 0 Å². The fourth-order valence-corrected chi connectivity index (χ4v) is 10.5. The molecule has 2 unspecified atom stereocenters. The van der Waals surface area contributed by atoms with Crippen molar-refractivity contribution in [1.29, 1.82) is 0 Å². The maximum atomic E-state index is 2.54. The number of anilines is 2. The first kappa shape index (κ1) is 35.2. The highest BCUT2D eigenvalue weighted by Crippen LogP contribution is 2.59. The van der Waals surface area contributed by atoms with Gasteiger partial charge < -0.3 is 4.90 Å². The summed E-state index contributed by atoms with van der Waals surface area (Å²) in [6.45, 7) is 4.78. The van der Waals surface area contributed by atoms with Crippen LogP contribution in [0.15, 0.2) is 224 Å². The minimum Gasteiger partial charge on any atom is -0.314 e. The second-order valence-corrected chi connectivity index (χ2v) is 16.8. The lowest BCUT2D eigenvalue weighted by Gasteiger charge is -2.37. The average molecular weight is 756 g/mol. The molecule has 1 nitrogen and oxygen atoms in total. The van der Waals surface area contributed by atoms with Crippen LogP contribution in [-0.2, 0) is 10.8 Å². The van der Waals surface area contributed by atoms with E-state index in [0.29, 0.717) is 0 Å². The molecule has 0 fully saturated rings. The van der Waals surface area contributed by atoms with E-state index < -0.39 is 5.41 Å². The summed E-state index contributed by atoms with van der Waals surface area (Å²) in [7, 11) is 0. The second kappa shape index (κ2) is 13.9. The zero-order valence-electron chi connectivity index (χ0n) is 33.5. The van der Waals surface area contributed by atoms with Gasteiger partial charge in [0.1, 0.15) is 0 Å². The van der Waals surface area contributed by atoms with E-state index in [1.54, 1.807) is 0 Å². The third-order valence-electron chi connectivity index (χ3n) is 13.3. The van der Waals surface area contributed by atoms with Crippen LogP contribution in [-0.4, -0.2) is 0 Å². The van der Waals surface area contributed by atoms with E-state index in [0.717, 1.165) is 17.8 Å². The van der Waals surface area contributed by atoms with Crippen molar-refractivity contribution in [3.05, 3.63) is 263 Å². The summed E-state index contributed by atoms with van der Waals surface area (Å²) in [5, 5.41) is 0. The van der Waals surface area contributed by atoms with Crippen LogP contribution in [0.25, 0.3) is 33.4 Å². The van der Waals surface area contributed by atoms with Gasteiger partial charge in [-0.3, -0.25) is 0 Å². The second-order valence-electron chi connectivity index (χ2n) is 16.8. The largest absolute Gasteiger partial charge is 0.314 e. The molecule has 0 heterocycles. The molecule has 0 bridgehead atoms. The van der Waals surface area contributed by atoms with E-state index in [-0.39, 0.29) is 11.3 Å². The molecule has 0 saturated heterocycles. The Kier molecular flexibility index (Phi) is 8.27. The van der Waals surface area contributed by atoms with Crippen molar-refractivity contribution in [2.24, 2.45) is 0 Å². The number of benzene rings is 8. The number of hydrogen-bond acceptors (Lipinski definition) is 1. The highest BCUT2D eigenvalue weighted by molar-refractivity contribution is 5.90. The molecule has 0 aromatic heterocycles. The molecular weight excluding hydrogens is 711 g/mol. The summed E-state index contributed by atoms with van der Waals surface area (Å²) in [6, 6.07) is 74.8. The van der Waals surface area contributed by atoms with Gasteiger partial charge in [-0.05, 0) is 109 Å². The van der Waals surface area contributed by atoms with E-state index in [4.69, 9.17) is 0 Å². The van der Waals surface area contributed by atoms with E-state index in [1.165, 1.54) is 78.0 Å². The Bertz CT molecular complexity index is 2920. The van der Waals surface area contributed by atoms with Crippen LogP contribution in [0.2, 0.25) is 0 Å². The molecule has 0 radical (unpaired) electrons. The predicted octanol–water partition coefficient (Wildman–Crippen LogP) is 14.8. The first-order chi connectivity index (χ1) is 29.0. The van der Waals surface area contributed by atoms with Gasteiger partial charge in [-0.25, -0.2) is 0 Å². The van der Waals surface area contributed by atoms with Crippen molar-refractivity contribution >= 4 is 11.4 Å². The molecule has 11 rings (SSSR count). The molecule has 8 aromatic carbocycles. The highest BCUT2D eigenvalue weighted by atomic mass is 15.2. The maximum absolute atomic E-state index is 2.54. The summed E-state index contributed by atoms with van der Waals surface area (Å²) in [5.74, 6) is 0.194. The van der Waals surface area contributed by atoms with Gasteiger partial charge in [0.25, 0.3) is 0 Å². The molecule has 8 aromatic rings. The topological polar surface area (TPSA) is 3.24 Å². The van der Waals surface area contributed by atoms with E-state index in [2.05, 4.69) is 237 Å². The van der Waals surface area contributed by atoms with Crippen molar-refractivity contribution in [2.75, 3.05) is 4.90 Å². The molecule has 282 valence electrons. The first-order valence-electron chi connectivity index (χ1n) is 21.0. The number of hydrogen-bond donors (Lipinski definition) is 0. The minimum absolute atomic E-state index is 0.126. The van der Waals surface area contributed by atoms with Crippen LogP contribution in [0.5, 0.6) is 0 Å². The number of nitrogens with zero attached hydrogens (tertiary/aromatic N) is 1. The summed E-state index contributed by atoms with van der Waals surface area (Å²) in [6.07, 6.45) is 7.82. The smallest absolute Gasteiger partial charge is 0.0714 e. The molecule has 0 amide bonds. The Morgan fingerprint density at radius 2 is 1.00 bits per heavy atom. The van der Waals surface area contributed by atoms with E-state index in [9.17, 15) is 0 Å². The molecule has 2 atom stereocenters. The van der Waals surface area contributed by atoms with Crippen molar-refractivity contribution in [3.63, 3.8) is 0 Å². The predicted molar refractivity (Wildman–Crippen MR) is 246 cm³/mol. The van der Waals surface area contributed by atoms with Crippen LogP contribution >= 0.6 is 0 Å². The number of fused-ring (bicyclic) bond motifs is 6. The fourth-order valence-electron chi connectivity index (χ4n) is 10.5. The summed E-state index contributed by atoms with van der Waals surface area (Å²) in [4.78, 5) is 2.53. The molecule has 0 aliphatic heterocycles. The minimum atomic E-state index is -0.550. The lowest BCUT2D eigenvalue weighted by Crippen LogP contribution is -2.30. The van der Waals surface area contributed by atoms with E-state index in [1.807, 2.05) is 0 Å². The van der Waals surface area contributed by atoms with Crippen molar-refractivity contribution in [3.8, 4) is 33.4 Å². The van der Waals surface area contributed by atoms with Gasteiger partial charge in [0.05, 0.1) is 5.41 Å². The Labute approximate surface area is 348 Å². The van der Waals surface area contributed by atoms with Gasteiger partial charge in [-0.2, -0.15) is 0 Å². The van der Waals surface area contributed by atoms with E-state index >= 15 is 0 Å². The quantitative estimate of drug-likeness (QED) is 0.157. The maximum Gasteiger partial charge on any atom is 0.0714 e. The van der Waals surface area contributed by atoms with Crippen LogP contribution in [0.4, 0.5) is 11.4 Å². The van der Waals surface area contributed by atoms with Gasteiger partial charge in [-0.1, -0.05) is 202 Å². The average Bonchev–Trinajstić information content (AvgIpc) is 3.73. The SMILES string of the molecule is CC1(C)c2ccccc2-c2ccc(C3(c4ccccc4)c4ccccc4-c4ccc(N(C5=CC=CCC5c5ccccc5)c5ccc(-c6ccccc6)cc5)cc43)cc21. The van der Waals surface area contributed by atoms with Crippen LogP contribution in [0, 0.1) is 0 Å². The molecule has 0 saturated carbocycles. The lowest BCUT2D eigenvalue weighted by molar-refractivity contribution is 0.655. The van der Waals surface area contributed by atoms with Crippen molar-refractivity contribution in [2.45, 2.75) is 37.0 Å². The van der Waals surface area contributed by atoms with Crippen molar-refractivity contribution < 1.29 is 0 Å². The Morgan fingerprint density at radius 3 is 1.75 bits per heavy atom. The number of rotatable bonds is 7. The fraction of sp³-hybridized carbons (Fsp3) is 0.103. The normalized spacial score (nSPS) is 18.0. The van der Waals surface area contributed by atoms with Gasteiger partial charge >= 0.3 is 0 Å². The Morgan fingerprint density at radius 1 is 0.441 bits per heavy atom. The zero-order chi connectivity index (χ0) is 39.6. The van der Waals surface area contributed by atoms with Gasteiger partial charge in [-0.15, -0.1) is 0 Å². The summed E-state index contributed by atoms with van der Waals surface area (Å²) in [5.41, 5.74) is 19.9. The molecule has 1 heteroatoms. The zero-order valence-corrected chi connectivity index (χ0v) is 33.5. The third kappa shape index (κ3) is 5.45. The third-order valence-corrected chi connectivity index (χ3v) is 13.3. The Hall–Kier alpha value is -6.96. The first-order valence-corrected chi connectivity index (χ1v) is 21.0.